The van der Waals surface area contributed by atoms with E-state index in [2.05, 4.69) is 9.88 Å². The number of likely N-dealkylation sites (tertiary alicyclic amines) is 1. The molecule has 1 aliphatic rings. The molecular weight excluding hydrogens is 246 g/mol. The first-order valence-electron chi connectivity index (χ1n) is 6.85. The van der Waals surface area contributed by atoms with E-state index in [0.717, 1.165) is 38.8 Å². The molecule has 2 N–H and O–H groups in total. The minimum absolute atomic E-state index is 0.235. The van der Waals surface area contributed by atoms with E-state index < -0.39 is 0 Å². The van der Waals surface area contributed by atoms with Gasteiger partial charge in [-0.2, -0.15) is 0 Å². The average Bonchev–Trinajstić information content (AvgIpc) is 2.84. The highest BCUT2D eigenvalue weighted by atomic mass is 16.3. The first kappa shape index (κ1) is 14.0. The van der Waals surface area contributed by atoms with Crippen molar-refractivity contribution in [3.8, 4) is 0 Å². The van der Waals surface area contributed by atoms with Crippen molar-refractivity contribution >= 4 is 0 Å². The molecule has 1 atom stereocenters. The maximum atomic E-state index is 11.5. The number of aliphatic hydroxyl groups excluding tert-OH is 1. The number of hydrogen-bond donors (Lipinski definition) is 2. The van der Waals surface area contributed by atoms with Crippen molar-refractivity contribution in [3.63, 3.8) is 0 Å². The molecule has 19 heavy (non-hydrogen) atoms. The molecule has 0 amide bonds. The van der Waals surface area contributed by atoms with Crippen LogP contribution >= 0.6 is 0 Å². The predicted molar refractivity (Wildman–Crippen MR) is 72.2 cm³/mol. The summed E-state index contributed by atoms with van der Waals surface area (Å²) in [5.74, 6) is 0. The van der Waals surface area contributed by atoms with Crippen molar-refractivity contribution in [2.24, 2.45) is 0 Å². The normalized spacial score (nSPS) is 19.9. The summed E-state index contributed by atoms with van der Waals surface area (Å²) >= 11 is 0. The fourth-order valence-corrected chi connectivity index (χ4v) is 2.61. The lowest BCUT2D eigenvalue weighted by atomic mass is 10.2. The molecule has 1 aromatic rings. The van der Waals surface area contributed by atoms with Crippen LogP contribution in [0.1, 0.15) is 25.7 Å². The summed E-state index contributed by atoms with van der Waals surface area (Å²) in [5, 5.41) is 9.21. The molecule has 0 spiro atoms. The van der Waals surface area contributed by atoms with Crippen molar-refractivity contribution < 1.29 is 5.11 Å². The van der Waals surface area contributed by atoms with Crippen LogP contribution in [-0.2, 0) is 6.54 Å². The Balaban J connectivity index is 1.75. The lowest BCUT2D eigenvalue weighted by Gasteiger charge is -2.22. The van der Waals surface area contributed by atoms with Gasteiger partial charge in [-0.15, -0.1) is 0 Å². The molecule has 0 bridgehead atoms. The summed E-state index contributed by atoms with van der Waals surface area (Å²) < 4.78 is 1.52. The monoisotopic (exact) mass is 267 g/mol. The Kier molecular flexibility index (Phi) is 4.93. The smallest absolute Gasteiger partial charge is 0.328 e. The summed E-state index contributed by atoms with van der Waals surface area (Å²) in [4.78, 5) is 26.9. The van der Waals surface area contributed by atoms with Gasteiger partial charge < -0.3 is 9.67 Å². The molecule has 2 heterocycles. The number of aliphatic hydroxyl groups is 1. The van der Waals surface area contributed by atoms with Crippen molar-refractivity contribution in [3.05, 3.63) is 33.1 Å². The standard InChI is InChI=1S/C13H21N3O3/c17-10-11-4-3-8-15(11)6-1-2-7-16-9-5-12(18)14-13(16)19/h5,9,11,17H,1-4,6-8,10H2,(H,14,18,19)/t11-/m0/s1. The van der Waals surface area contributed by atoms with Crippen LogP contribution in [0.15, 0.2) is 21.9 Å². The van der Waals surface area contributed by atoms with E-state index in [4.69, 9.17) is 0 Å². The second kappa shape index (κ2) is 6.68. The van der Waals surface area contributed by atoms with Crippen LogP contribution in [0, 0.1) is 0 Å². The molecule has 2 rings (SSSR count). The van der Waals surface area contributed by atoms with Crippen LogP contribution in [0.25, 0.3) is 0 Å². The number of nitrogens with one attached hydrogen (secondary N) is 1. The maximum absolute atomic E-state index is 11.5. The fourth-order valence-electron chi connectivity index (χ4n) is 2.61. The number of rotatable bonds is 6. The van der Waals surface area contributed by atoms with Crippen LogP contribution in [-0.4, -0.2) is 45.3 Å². The Morgan fingerprint density at radius 1 is 1.32 bits per heavy atom. The van der Waals surface area contributed by atoms with Gasteiger partial charge in [0.25, 0.3) is 5.56 Å². The number of unbranched alkanes of at least 4 members (excludes halogenated alkanes) is 1. The molecule has 0 radical (unpaired) electrons. The van der Waals surface area contributed by atoms with Crippen molar-refractivity contribution in [1.82, 2.24) is 14.5 Å². The SMILES string of the molecule is O=c1ccn(CCCCN2CCC[C@H]2CO)c(=O)[nH]1. The third-order valence-corrected chi connectivity index (χ3v) is 3.70. The molecule has 0 unspecified atom stereocenters. The summed E-state index contributed by atoms with van der Waals surface area (Å²) in [6, 6.07) is 1.68. The lowest BCUT2D eigenvalue weighted by Crippen LogP contribution is -2.33. The second-order valence-corrected chi connectivity index (χ2v) is 5.03. The summed E-state index contributed by atoms with van der Waals surface area (Å²) in [7, 11) is 0. The van der Waals surface area contributed by atoms with Crippen LogP contribution in [0.2, 0.25) is 0 Å². The van der Waals surface area contributed by atoms with Gasteiger partial charge in [-0.1, -0.05) is 0 Å². The molecule has 6 heteroatoms. The Bertz CT molecular complexity index is 508. The third kappa shape index (κ3) is 3.78. The van der Waals surface area contributed by atoms with Gasteiger partial charge in [0.1, 0.15) is 0 Å². The number of aromatic nitrogens is 2. The number of aromatic amines is 1. The highest BCUT2D eigenvalue weighted by Gasteiger charge is 2.22. The average molecular weight is 267 g/mol. The first-order chi connectivity index (χ1) is 9.20. The Morgan fingerprint density at radius 3 is 2.84 bits per heavy atom. The Morgan fingerprint density at radius 2 is 2.11 bits per heavy atom. The molecule has 1 aromatic heterocycles. The van der Waals surface area contributed by atoms with Gasteiger partial charge in [0.05, 0.1) is 6.61 Å². The zero-order valence-electron chi connectivity index (χ0n) is 11.0. The molecular formula is C13H21N3O3. The molecule has 1 saturated heterocycles. The summed E-state index contributed by atoms with van der Waals surface area (Å²) in [5.41, 5.74) is -0.703. The van der Waals surface area contributed by atoms with Gasteiger partial charge in [-0.3, -0.25) is 14.7 Å². The molecule has 106 valence electrons. The van der Waals surface area contributed by atoms with Crippen LogP contribution in [0.3, 0.4) is 0 Å². The van der Waals surface area contributed by atoms with Gasteiger partial charge >= 0.3 is 5.69 Å². The molecule has 0 saturated carbocycles. The number of aryl methyl sites for hydroxylation is 1. The third-order valence-electron chi connectivity index (χ3n) is 3.70. The first-order valence-corrected chi connectivity index (χ1v) is 6.85. The minimum Gasteiger partial charge on any atom is -0.395 e. The summed E-state index contributed by atoms with van der Waals surface area (Å²) in [6.45, 7) is 2.87. The highest BCUT2D eigenvalue weighted by molar-refractivity contribution is 4.82. The van der Waals surface area contributed by atoms with E-state index in [1.54, 1.807) is 0 Å². The number of hydrogen-bond acceptors (Lipinski definition) is 4. The van der Waals surface area contributed by atoms with Gasteiger partial charge in [0, 0.05) is 24.8 Å². The maximum Gasteiger partial charge on any atom is 0.328 e. The van der Waals surface area contributed by atoms with Gasteiger partial charge in [-0.25, -0.2) is 4.79 Å². The van der Waals surface area contributed by atoms with Crippen molar-refractivity contribution in [2.75, 3.05) is 19.7 Å². The molecule has 0 aromatic carbocycles. The number of nitrogens with zero attached hydrogens (tertiary/aromatic N) is 2. The van der Waals surface area contributed by atoms with E-state index in [0.29, 0.717) is 12.6 Å². The molecule has 6 nitrogen and oxygen atoms in total. The van der Waals surface area contributed by atoms with Gasteiger partial charge in [0.15, 0.2) is 0 Å². The van der Waals surface area contributed by atoms with Gasteiger partial charge in [-0.05, 0) is 38.8 Å². The van der Waals surface area contributed by atoms with Gasteiger partial charge in [0.2, 0.25) is 0 Å². The minimum atomic E-state index is -0.357. The van der Waals surface area contributed by atoms with Crippen LogP contribution in [0.5, 0.6) is 0 Å². The van der Waals surface area contributed by atoms with E-state index in [-0.39, 0.29) is 17.9 Å². The molecule has 0 aliphatic carbocycles. The van der Waals surface area contributed by atoms with E-state index >= 15 is 0 Å². The largest absolute Gasteiger partial charge is 0.395 e. The van der Waals surface area contributed by atoms with E-state index in [9.17, 15) is 14.7 Å². The lowest BCUT2D eigenvalue weighted by molar-refractivity contribution is 0.156. The zero-order valence-corrected chi connectivity index (χ0v) is 11.0. The summed E-state index contributed by atoms with van der Waals surface area (Å²) in [6.07, 6.45) is 5.65. The zero-order chi connectivity index (χ0) is 13.7. The van der Waals surface area contributed by atoms with E-state index in [1.807, 2.05) is 0 Å². The van der Waals surface area contributed by atoms with Crippen molar-refractivity contribution in [1.29, 1.82) is 0 Å². The van der Waals surface area contributed by atoms with Crippen molar-refractivity contribution in [2.45, 2.75) is 38.3 Å². The topological polar surface area (TPSA) is 78.3 Å². The second-order valence-electron chi connectivity index (χ2n) is 5.03. The van der Waals surface area contributed by atoms with E-state index in [1.165, 1.54) is 16.8 Å². The molecule has 1 fully saturated rings. The highest BCUT2D eigenvalue weighted by Crippen LogP contribution is 2.16. The Labute approximate surface area is 111 Å². The Hall–Kier alpha value is -1.40. The quantitative estimate of drug-likeness (QED) is 0.698. The van der Waals surface area contributed by atoms with Crippen LogP contribution in [0.4, 0.5) is 0 Å². The fraction of sp³-hybridized carbons (Fsp3) is 0.692. The number of H-pyrrole nitrogens is 1. The predicted octanol–water partition coefficient (Wildman–Crippen LogP) is -0.226. The van der Waals surface area contributed by atoms with Crippen LogP contribution < -0.4 is 11.2 Å². The molecule has 1 aliphatic heterocycles.